The number of aryl methyl sites for hydroxylation is 1. The summed E-state index contributed by atoms with van der Waals surface area (Å²) in [4.78, 5) is 22.5. The zero-order valence-corrected chi connectivity index (χ0v) is 12.1. The van der Waals surface area contributed by atoms with Gasteiger partial charge in [0.1, 0.15) is 5.01 Å². The van der Waals surface area contributed by atoms with Crippen molar-refractivity contribution < 1.29 is 14.7 Å². The molecule has 7 nitrogen and oxygen atoms in total. The second-order valence-electron chi connectivity index (χ2n) is 4.20. The number of anilines is 2. The predicted octanol–water partition coefficient (Wildman–Crippen LogP) is 2.37. The van der Waals surface area contributed by atoms with Gasteiger partial charge in [0.2, 0.25) is 5.13 Å². The number of carbonyl (C=O) groups is 2. The number of aromatic nitrogens is 2. The van der Waals surface area contributed by atoms with Crippen molar-refractivity contribution in [2.75, 3.05) is 10.6 Å². The van der Waals surface area contributed by atoms with Crippen LogP contribution in [0.1, 0.15) is 17.5 Å². The maximum Gasteiger partial charge on any atom is 0.325 e. The van der Waals surface area contributed by atoms with Crippen LogP contribution in [0, 0.1) is 0 Å². The van der Waals surface area contributed by atoms with E-state index in [0.29, 0.717) is 16.4 Å². The molecule has 1 heterocycles. The minimum Gasteiger partial charge on any atom is -0.481 e. The molecule has 2 amide bonds. The van der Waals surface area contributed by atoms with Crippen molar-refractivity contribution in [3.8, 4) is 0 Å². The third-order valence-corrected chi connectivity index (χ3v) is 3.51. The van der Waals surface area contributed by atoms with Gasteiger partial charge < -0.3 is 10.4 Å². The van der Waals surface area contributed by atoms with Gasteiger partial charge in [-0.2, -0.15) is 0 Å². The van der Waals surface area contributed by atoms with Crippen molar-refractivity contribution in [1.29, 1.82) is 0 Å². The summed E-state index contributed by atoms with van der Waals surface area (Å²) in [6.45, 7) is 1.96. The van der Waals surface area contributed by atoms with Crippen molar-refractivity contribution in [3.63, 3.8) is 0 Å². The summed E-state index contributed by atoms with van der Waals surface area (Å²) < 4.78 is 0. The van der Waals surface area contributed by atoms with Crippen molar-refractivity contribution in [1.82, 2.24) is 10.2 Å². The fourth-order valence-electron chi connectivity index (χ4n) is 1.64. The van der Waals surface area contributed by atoms with Crippen LogP contribution in [0.25, 0.3) is 0 Å². The summed E-state index contributed by atoms with van der Waals surface area (Å²) in [6.07, 6.45) is 0.672. The molecule has 1 aromatic heterocycles. The van der Waals surface area contributed by atoms with Crippen LogP contribution in [0.3, 0.4) is 0 Å². The van der Waals surface area contributed by atoms with Crippen molar-refractivity contribution in [2.45, 2.75) is 19.8 Å². The van der Waals surface area contributed by atoms with E-state index in [9.17, 15) is 9.59 Å². The van der Waals surface area contributed by atoms with Crippen LogP contribution >= 0.6 is 11.3 Å². The van der Waals surface area contributed by atoms with Gasteiger partial charge in [-0.1, -0.05) is 30.4 Å². The van der Waals surface area contributed by atoms with Crippen LogP contribution in [0.4, 0.5) is 15.6 Å². The van der Waals surface area contributed by atoms with Crippen LogP contribution in [-0.4, -0.2) is 27.3 Å². The van der Waals surface area contributed by atoms with E-state index in [0.717, 1.165) is 11.4 Å². The molecule has 0 aliphatic rings. The average Bonchev–Trinajstić information content (AvgIpc) is 2.85. The Balaban J connectivity index is 1.97. The molecule has 2 aromatic rings. The molecule has 2 rings (SSSR count). The second-order valence-corrected chi connectivity index (χ2v) is 5.27. The first-order valence-electron chi connectivity index (χ1n) is 6.28. The lowest BCUT2D eigenvalue weighted by molar-refractivity contribution is -0.136. The number of carboxylic acid groups (broad SMARTS) is 1. The Labute approximate surface area is 125 Å². The van der Waals surface area contributed by atoms with E-state index >= 15 is 0 Å². The standard InChI is InChI=1S/C13H14N4O3S/c1-2-10-16-17-13(21-10)15-12(20)14-9-5-3-4-8(6-9)7-11(18)19/h3-6H,2,7H2,1H3,(H,18,19)(H2,14,15,17,20). The van der Waals surface area contributed by atoms with Gasteiger partial charge in [-0.05, 0) is 24.1 Å². The largest absolute Gasteiger partial charge is 0.481 e. The SMILES string of the molecule is CCc1nnc(NC(=O)Nc2cccc(CC(=O)O)c2)s1. The normalized spacial score (nSPS) is 10.1. The first-order valence-corrected chi connectivity index (χ1v) is 7.09. The quantitative estimate of drug-likeness (QED) is 0.786. The third kappa shape index (κ3) is 4.53. The molecule has 8 heteroatoms. The first kappa shape index (κ1) is 14.9. The highest BCUT2D eigenvalue weighted by Gasteiger charge is 2.08. The van der Waals surface area contributed by atoms with Crippen molar-refractivity contribution >= 4 is 34.2 Å². The molecule has 0 saturated heterocycles. The number of carboxylic acids is 1. The summed E-state index contributed by atoms with van der Waals surface area (Å²) >= 11 is 1.31. The van der Waals surface area contributed by atoms with Crippen molar-refractivity contribution in [2.24, 2.45) is 0 Å². The lowest BCUT2D eigenvalue weighted by Crippen LogP contribution is -2.19. The predicted molar refractivity (Wildman–Crippen MR) is 79.7 cm³/mol. The Kier molecular flexibility index (Phi) is 4.83. The van der Waals surface area contributed by atoms with E-state index in [2.05, 4.69) is 20.8 Å². The summed E-state index contributed by atoms with van der Waals surface area (Å²) in [6, 6.07) is 6.23. The number of urea groups is 1. The molecule has 3 N–H and O–H groups in total. The Morgan fingerprint density at radius 2 is 2.10 bits per heavy atom. The van der Waals surface area contributed by atoms with Gasteiger partial charge in [-0.15, -0.1) is 10.2 Å². The topological polar surface area (TPSA) is 104 Å². The summed E-state index contributed by atoms with van der Waals surface area (Å²) in [5.41, 5.74) is 1.14. The average molecular weight is 306 g/mol. The Hall–Kier alpha value is -2.48. The lowest BCUT2D eigenvalue weighted by Gasteiger charge is -2.06. The molecule has 110 valence electrons. The number of nitrogens with one attached hydrogen (secondary N) is 2. The smallest absolute Gasteiger partial charge is 0.325 e. The maximum absolute atomic E-state index is 11.8. The van der Waals surface area contributed by atoms with Gasteiger partial charge >= 0.3 is 12.0 Å². The number of amides is 2. The lowest BCUT2D eigenvalue weighted by atomic mass is 10.1. The molecule has 0 bridgehead atoms. The van der Waals surface area contributed by atoms with Gasteiger partial charge in [-0.3, -0.25) is 10.1 Å². The van der Waals surface area contributed by atoms with Crippen LogP contribution in [0.15, 0.2) is 24.3 Å². The highest BCUT2D eigenvalue weighted by Crippen LogP contribution is 2.16. The monoisotopic (exact) mass is 306 g/mol. The van der Waals surface area contributed by atoms with E-state index in [4.69, 9.17) is 5.11 Å². The number of benzene rings is 1. The van der Waals surface area contributed by atoms with Crippen LogP contribution < -0.4 is 10.6 Å². The molecule has 0 atom stereocenters. The summed E-state index contributed by atoms with van der Waals surface area (Å²) in [5, 5.41) is 23.0. The zero-order valence-electron chi connectivity index (χ0n) is 11.3. The number of rotatable bonds is 5. The minimum absolute atomic E-state index is 0.0899. The number of carbonyl (C=O) groups excluding carboxylic acids is 1. The molecular formula is C13H14N4O3S. The van der Waals surface area contributed by atoms with Gasteiger partial charge in [0.25, 0.3) is 0 Å². The molecule has 0 aliphatic heterocycles. The second kappa shape index (κ2) is 6.80. The summed E-state index contributed by atoms with van der Waals surface area (Å²) in [7, 11) is 0. The summed E-state index contributed by atoms with van der Waals surface area (Å²) in [5.74, 6) is -0.919. The molecule has 0 aliphatic carbocycles. The van der Waals surface area contributed by atoms with Crippen LogP contribution in [0.5, 0.6) is 0 Å². The number of hydrogen-bond donors (Lipinski definition) is 3. The minimum atomic E-state index is -0.919. The highest BCUT2D eigenvalue weighted by molar-refractivity contribution is 7.15. The first-order chi connectivity index (χ1) is 10.1. The van der Waals surface area contributed by atoms with Gasteiger partial charge in [-0.25, -0.2) is 4.79 Å². The van der Waals surface area contributed by atoms with E-state index in [1.807, 2.05) is 6.92 Å². The van der Waals surface area contributed by atoms with Crippen LogP contribution in [-0.2, 0) is 17.6 Å². The molecule has 0 radical (unpaired) electrons. The zero-order chi connectivity index (χ0) is 15.2. The van der Waals surface area contributed by atoms with Gasteiger partial charge in [0.15, 0.2) is 0 Å². The van der Waals surface area contributed by atoms with Gasteiger partial charge in [0, 0.05) is 5.69 Å². The molecule has 0 saturated carbocycles. The number of nitrogens with zero attached hydrogens (tertiary/aromatic N) is 2. The highest BCUT2D eigenvalue weighted by atomic mass is 32.1. The third-order valence-electron chi connectivity index (χ3n) is 2.53. The van der Waals surface area contributed by atoms with E-state index < -0.39 is 12.0 Å². The van der Waals surface area contributed by atoms with Crippen LogP contribution in [0.2, 0.25) is 0 Å². The Morgan fingerprint density at radius 1 is 1.29 bits per heavy atom. The van der Waals surface area contributed by atoms with Crippen molar-refractivity contribution in [3.05, 3.63) is 34.8 Å². The maximum atomic E-state index is 11.8. The molecule has 0 unspecified atom stereocenters. The molecule has 0 spiro atoms. The number of aliphatic carboxylic acids is 1. The Bertz CT molecular complexity index is 656. The van der Waals surface area contributed by atoms with Gasteiger partial charge in [0.05, 0.1) is 6.42 Å². The fraction of sp³-hybridized carbons (Fsp3) is 0.231. The molecule has 1 aromatic carbocycles. The van der Waals surface area contributed by atoms with E-state index in [-0.39, 0.29) is 6.42 Å². The Morgan fingerprint density at radius 3 is 2.76 bits per heavy atom. The molecule has 21 heavy (non-hydrogen) atoms. The fourth-order valence-corrected chi connectivity index (χ4v) is 2.31. The molecule has 0 fully saturated rings. The molecular weight excluding hydrogens is 292 g/mol. The van der Waals surface area contributed by atoms with E-state index in [1.165, 1.54) is 11.3 Å². The van der Waals surface area contributed by atoms with E-state index in [1.54, 1.807) is 24.3 Å². The number of hydrogen-bond acceptors (Lipinski definition) is 5.